The average molecular weight is 212 g/mol. The van der Waals surface area contributed by atoms with E-state index >= 15 is 0 Å². The summed E-state index contributed by atoms with van der Waals surface area (Å²) in [7, 11) is 0. The van der Waals surface area contributed by atoms with Crippen molar-refractivity contribution in [2.24, 2.45) is 0 Å². The predicted molar refractivity (Wildman–Crippen MR) is 67.3 cm³/mol. The number of hydrogen-bond donors (Lipinski definition) is 1. The van der Waals surface area contributed by atoms with Crippen molar-refractivity contribution in [1.82, 2.24) is 10.2 Å². The Kier molecular flexibility index (Phi) is 5.07. The molecule has 0 spiro atoms. The van der Waals surface area contributed by atoms with E-state index in [1.54, 1.807) is 0 Å². The summed E-state index contributed by atoms with van der Waals surface area (Å²) in [5, 5.41) is 3.65. The standard InChI is InChI=1S/C13H28N2/c1-5-8-12(6-2)15-10-9-14-13(4,7-3)11-15/h12,14H,5-11H2,1-4H3. The van der Waals surface area contributed by atoms with E-state index in [0.717, 1.165) is 12.6 Å². The first-order chi connectivity index (χ1) is 7.15. The largest absolute Gasteiger partial charge is 0.309 e. The van der Waals surface area contributed by atoms with Crippen LogP contribution in [-0.4, -0.2) is 36.1 Å². The van der Waals surface area contributed by atoms with Gasteiger partial charge in [-0.15, -0.1) is 0 Å². The van der Waals surface area contributed by atoms with Crippen molar-refractivity contribution in [2.45, 2.75) is 65.0 Å². The van der Waals surface area contributed by atoms with Gasteiger partial charge < -0.3 is 5.32 Å². The first-order valence-electron chi connectivity index (χ1n) is 6.64. The third-order valence-corrected chi connectivity index (χ3v) is 3.89. The molecule has 0 radical (unpaired) electrons. The average Bonchev–Trinajstić information content (AvgIpc) is 2.26. The molecule has 1 aliphatic rings. The molecule has 0 aromatic rings. The molecule has 2 atom stereocenters. The molecule has 2 nitrogen and oxygen atoms in total. The lowest BCUT2D eigenvalue weighted by molar-refractivity contribution is 0.0907. The zero-order chi connectivity index (χ0) is 11.3. The molecule has 1 N–H and O–H groups in total. The van der Waals surface area contributed by atoms with Gasteiger partial charge in [-0.25, -0.2) is 0 Å². The number of nitrogens with zero attached hydrogens (tertiary/aromatic N) is 1. The Bertz CT molecular complexity index is 181. The Hall–Kier alpha value is -0.0800. The van der Waals surface area contributed by atoms with Gasteiger partial charge in [-0.05, 0) is 26.2 Å². The molecular formula is C13H28N2. The maximum Gasteiger partial charge on any atom is 0.0278 e. The molecule has 0 aromatic carbocycles. The van der Waals surface area contributed by atoms with Crippen molar-refractivity contribution in [3.05, 3.63) is 0 Å². The van der Waals surface area contributed by atoms with Crippen LogP contribution in [0.2, 0.25) is 0 Å². The first-order valence-corrected chi connectivity index (χ1v) is 6.64. The van der Waals surface area contributed by atoms with Gasteiger partial charge in [-0.2, -0.15) is 0 Å². The van der Waals surface area contributed by atoms with Crippen LogP contribution >= 0.6 is 0 Å². The number of piperazine rings is 1. The quantitative estimate of drug-likeness (QED) is 0.753. The smallest absolute Gasteiger partial charge is 0.0278 e. The highest BCUT2D eigenvalue weighted by molar-refractivity contribution is 4.91. The zero-order valence-electron chi connectivity index (χ0n) is 11.0. The molecular weight excluding hydrogens is 184 g/mol. The summed E-state index contributed by atoms with van der Waals surface area (Å²) < 4.78 is 0. The molecule has 1 heterocycles. The van der Waals surface area contributed by atoms with Crippen molar-refractivity contribution in [2.75, 3.05) is 19.6 Å². The van der Waals surface area contributed by atoms with Crippen LogP contribution < -0.4 is 5.32 Å². The molecule has 15 heavy (non-hydrogen) atoms. The van der Waals surface area contributed by atoms with Gasteiger partial charge in [-0.3, -0.25) is 4.90 Å². The fraction of sp³-hybridized carbons (Fsp3) is 1.00. The van der Waals surface area contributed by atoms with Gasteiger partial charge in [0, 0.05) is 31.2 Å². The van der Waals surface area contributed by atoms with Crippen LogP contribution in [0.1, 0.15) is 53.4 Å². The minimum absolute atomic E-state index is 0.347. The monoisotopic (exact) mass is 212 g/mol. The van der Waals surface area contributed by atoms with Crippen LogP contribution in [0.5, 0.6) is 0 Å². The third kappa shape index (κ3) is 3.46. The van der Waals surface area contributed by atoms with Gasteiger partial charge in [0.2, 0.25) is 0 Å². The predicted octanol–water partition coefficient (Wildman–Crippen LogP) is 2.64. The second kappa shape index (κ2) is 5.86. The fourth-order valence-corrected chi connectivity index (χ4v) is 2.61. The van der Waals surface area contributed by atoms with Crippen molar-refractivity contribution in [1.29, 1.82) is 0 Å². The van der Waals surface area contributed by atoms with Crippen LogP contribution in [0, 0.1) is 0 Å². The van der Waals surface area contributed by atoms with Gasteiger partial charge in [-0.1, -0.05) is 27.2 Å². The number of hydrogen-bond acceptors (Lipinski definition) is 2. The van der Waals surface area contributed by atoms with Crippen LogP contribution in [0.15, 0.2) is 0 Å². The molecule has 90 valence electrons. The molecule has 1 saturated heterocycles. The summed E-state index contributed by atoms with van der Waals surface area (Å²) >= 11 is 0. The van der Waals surface area contributed by atoms with Crippen LogP contribution in [0.3, 0.4) is 0 Å². The second-order valence-electron chi connectivity index (χ2n) is 5.16. The molecule has 0 aromatic heterocycles. The first kappa shape index (κ1) is 13.0. The Morgan fingerprint density at radius 2 is 2.07 bits per heavy atom. The normalized spacial score (nSPS) is 30.4. The molecule has 1 aliphatic heterocycles. The van der Waals surface area contributed by atoms with Crippen molar-refractivity contribution >= 4 is 0 Å². The number of nitrogens with one attached hydrogen (secondary N) is 1. The van der Waals surface area contributed by atoms with Gasteiger partial charge in [0.25, 0.3) is 0 Å². The third-order valence-electron chi connectivity index (χ3n) is 3.89. The van der Waals surface area contributed by atoms with Crippen LogP contribution in [-0.2, 0) is 0 Å². The Morgan fingerprint density at radius 1 is 1.33 bits per heavy atom. The SMILES string of the molecule is CCCC(CC)N1CCNC(C)(CC)C1. The van der Waals surface area contributed by atoms with Crippen molar-refractivity contribution < 1.29 is 0 Å². The molecule has 0 amide bonds. The molecule has 0 saturated carbocycles. The van der Waals surface area contributed by atoms with Gasteiger partial charge in [0.05, 0.1) is 0 Å². The van der Waals surface area contributed by atoms with Crippen LogP contribution in [0.25, 0.3) is 0 Å². The summed E-state index contributed by atoms with van der Waals surface area (Å²) in [6.45, 7) is 12.9. The summed E-state index contributed by atoms with van der Waals surface area (Å²) in [6.07, 6.45) is 5.20. The summed E-state index contributed by atoms with van der Waals surface area (Å²) in [6, 6.07) is 0.808. The Labute approximate surface area is 95.4 Å². The Morgan fingerprint density at radius 3 is 2.60 bits per heavy atom. The molecule has 1 fully saturated rings. The van der Waals surface area contributed by atoms with Gasteiger partial charge >= 0.3 is 0 Å². The zero-order valence-corrected chi connectivity index (χ0v) is 11.0. The maximum absolute atomic E-state index is 3.65. The maximum atomic E-state index is 3.65. The van der Waals surface area contributed by atoms with Crippen LogP contribution in [0.4, 0.5) is 0 Å². The highest BCUT2D eigenvalue weighted by Crippen LogP contribution is 2.20. The van der Waals surface area contributed by atoms with Crippen molar-refractivity contribution in [3.63, 3.8) is 0 Å². The van der Waals surface area contributed by atoms with E-state index in [2.05, 4.69) is 37.9 Å². The molecule has 0 bridgehead atoms. The lowest BCUT2D eigenvalue weighted by atomic mass is 9.93. The highest BCUT2D eigenvalue weighted by atomic mass is 15.2. The molecule has 2 heteroatoms. The minimum atomic E-state index is 0.347. The second-order valence-corrected chi connectivity index (χ2v) is 5.16. The highest BCUT2D eigenvalue weighted by Gasteiger charge is 2.31. The molecule has 0 aliphatic carbocycles. The topological polar surface area (TPSA) is 15.3 Å². The Balaban J connectivity index is 2.53. The van der Waals surface area contributed by atoms with E-state index in [0.29, 0.717) is 5.54 Å². The van der Waals surface area contributed by atoms with E-state index in [-0.39, 0.29) is 0 Å². The lowest BCUT2D eigenvalue weighted by Gasteiger charge is -2.44. The molecule has 1 rings (SSSR count). The van der Waals surface area contributed by atoms with E-state index < -0.39 is 0 Å². The van der Waals surface area contributed by atoms with Gasteiger partial charge in [0.1, 0.15) is 0 Å². The van der Waals surface area contributed by atoms with E-state index in [9.17, 15) is 0 Å². The van der Waals surface area contributed by atoms with E-state index in [1.165, 1.54) is 38.8 Å². The summed E-state index contributed by atoms with van der Waals surface area (Å²) in [5.74, 6) is 0. The van der Waals surface area contributed by atoms with E-state index in [1.807, 2.05) is 0 Å². The van der Waals surface area contributed by atoms with Crippen molar-refractivity contribution in [3.8, 4) is 0 Å². The number of rotatable bonds is 5. The fourth-order valence-electron chi connectivity index (χ4n) is 2.61. The van der Waals surface area contributed by atoms with Gasteiger partial charge in [0.15, 0.2) is 0 Å². The lowest BCUT2D eigenvalue weighted by Crippen LogP contribution is -2.60. The summed E-state index contributed by atoms with van der Waals surface area (Å²) in [4.78, 5) is 2.70. The molecule has 2 unspecified atom stereocenters. The minimum Gasteiger partial charge on any atom is -0.309 e. The van der Waals surface area contributed by atoms with E-state index in [4.69, 9.17) is 0 Å². The summed E-state index contributed by atoms with van der Waals surface area (Å²) in [5.41, 5.74) is 0.347.